The van der Waals surface area contributed by atoms with Crippen LogP contribution in [0.5, 0.6) is 11.5 Å². The van der Waals surface area contributed by atoms with Gasteiger partial charge in [-0.3, -0.25) is 9.59 Å². The quantitative estimate of drug-likeness (QED) is 0.867. The van der Waals surface area contributed by atoms with Gasteiger partial charge in [-0.2, -0.15) is 0 Å². The van der Waals surface area contributed by atoms with E-state index in [-0.39, 0.29) is 19.2 Å². The molecule has 0 aromatic heterocycles. The highest BCUT2D eigenvalue weighted by molar-refractivity contribution is 6.32. The van der Waals surface area contributed by atoms with E-state index in [0.29, 0.717) is 28.5 Å². The minimum atomic E-state index is -0.884. The summed E-state index contributed by atoms with van der Waals surface area (Å²) in [6.07, 6.45) is 0.360. The Kier molecular flexibility index (Phi) is 4.34. The van der Waals surface area contributed by atoms with Crippen molar-refractivity contribution in [2.24, 2.45) is 5.92 Å². The molecule has 1 amide bonds. The maximum absolute atomic E-state index is 11.9. The molecule has 0 fully saturated rings. The highest BCUT2D eigenvalue weighted by Gasteiger charge is 2.20. The Morgan fingerprint density at radius 2 is 2.20 bits per heavy atom. The van der Waals surface area contributed by atoms with Gasteiger partial charge in [0.05, 0.1) is 10.9 Å². The monoisotopic (exact) mass is 299 g/mol. The average molecular weight is 300 g/mol. The number of ether oxygens (including phenoxy) is 2. The van der Waals surface area contributed by atoms with E-state index in [0.717, 1.165) is 0 Å². The topological polar surface area (TPSA) is 84.9 Å². The van der Waals surface area contributed by atoms with Crippen LogP contribution in [0.1, 0.15) is 23.7 Å². The molecule has 0 bridgehead atoms. The number of carbonyl (C=O) groups is 2. The molecular formula is C13H14ClNO5. The Morgan fingerprint density at radius 1 is 1.45 bits per heavy atom. The minimum Gasteiger partial charge on any atom is -0.481 e. The number of carbonyl (C=O) groups excluding carboxylic acids is 1. The van der Waals surface area contributed by atoms with Gasteiger partial charge in [-0.15, -0.1) is 0 Å². The third-order valence-electron chi connectivity index (χ3n) is 2.97. The van der Waals surface area contributed by atoms with Crippen LogP contribution in [0.2, 0.25) is 5.02 Å². The molecule has 0 saturated carbocycles. The molecule has 1 heterocycles. The molecule has 20 heavy (non-hydrogen) atoms. The van der Waals surface area contributed by atoms with Crippen molar-refractivity contribution in [1.82, 2.24) is 5.32 Å². The zero-order valence-corrected chi connectivity index (χ0v) is 11.6. The SMILES string of the molecule is CC(CCNC(=O)c1cc(Cl)c2c(c1)OCO2)C(=O)O. The predicted molar refractivity (Wildman–Crippen MR) is 71.3 cm³/mol. The minimum absolute atomic E-state index is 0.0796. The lowest BCUT2D eigenvalue weighted by Crippen LogP contribution is -2.27. The van der Waals surface area contributed by atoms with Gasteiger partial charge >= 0.3 is 5.97 Å². The first-order chi connectivity index (χ1) is 9.49. The maximum Gasteiger partial charge on any atom is 0.306 e. The van der Waals surface area contributed by atoms with Gasteiger partial charge in [-0.1, -0.05) is 18.5 Å². The third-order valence-corrected chi connectivity index (χ3v) is 3.25. The molecule has 0 spiro atoms. The summed E-state index contributed by atoms with van der Waals surface area (Å²) in [5.74, 6) is -0.854. The van der Waals surface area contributed by atoms with E-state index in [9.17, 15) is 9.59 Å². The molecule has 0 saturated heterocycles. The maximum atomic E-state index is 11.9. The van der Waals surface area contributed by atoms with Crippen LogP contribution in [0.25, 0.3) is 0 Å². The van der Waals surface area contributed by atoms with Gasteiger partial charge in [0.2, 0.25) is 6.79 Å². The van der Waals surface area contributed by atoms with Crippen LogP contribution < -0.4 is 14.8 Å². The molecule has 1 atom stereocenters. The van der Waals surface area contributed by atoms with Crippen molar-refractivity contribution >= 4 is 23.5 Å². The second-order valence-corrected chi connectivity index (χ2v) is 4.88. The van der Waals surface area contributed by atoms with Crippen LogP contribution in [0.15, 0.2) is 12.1 Å². The summed E-state index contributed by atoms with van der Waals surface area (Å²) < 4.78 is 10.3. The van der Waals surface area contributed by atoms with Crippen molar-refractivity contribution in [3.8, 4) is 11.5 Å². The van der Waals surface area contributed by atoms with Crippen molar-refractivity contribution in [3.63, 3.8) is 0 Å². The fraction of sp³-hybridized carbons (Fsp3) is 0.385. The molecule has 6 nitrogen and oxygen atoms in total. The van der Waals surface area contributed by atoms with Crippen LogP contribution in [0.3, 0.4) is 0 Å². The van der Waals surface area contributed by atoms with Crippen LogP contribution in [0.4, 0.5) is 0 Å². The molecule has 1 aromatic carbocycles. The molecule has 0 radical (unpaired) electrons. The number of amides is 1. The molecule has 1 aromatic rings. The van der Waals surface area contributed by atoms with Gasteiger partial charge in [0.15, 0.2) is 11.5 Å². The highest BCUT2D eigenvalue weighted by atomic mass is 35.5. The molecule has 1 unspecified atom stereocenters. The van der Waals surface area contributed by atoms with Gasteiger partial charge in [0.1, 0.15) is 0 Å². The van der Waals surface area contributed by atoms with E-state index < -0.39 is 11.9 Å². The molecule has 2 rings (SSSR count). The number of rotatable bonds is 5. The smallest absolute Gasteiger partial charge is 0.306 e. The number of hydrogen-bond donors (Lipinski definition) is 2. The lowest BCUT2D eigenvalue weighted by molar-refractivity contribution is -0.141. The standard InChI is InChI=1S/C13H14ClNO5/c1-7(13(17)18)2-3-15-12(16)8-4-9(14)11-10(5-8)19-6-20-11/h4-5,7H,2-3,6H2,1H3,(H,15,16)(H,17,18). The Balaban J connectivity index is 1.96. The largest absolute Gasteiger partial charge is 0.481 e. The van der Waals surface area contributed by atoms with Crippen LogP contribution >= 0.6 is 11.6 Å². The van der Waals surface area contributed by atoms with E-state index in [2.05, 4.69) is 5.32 Å². The van der Waals surface area contributed by atoms with Crippen molar-refractivity contribution in [3.05, 3.63) is 22.7 Å². The number of halogens is 1. The number of carboxylic acids is 1. The van der Waals surface area contributed by atoms with E-state index in [1.54, 1.807) is 13.0 Å². The van der Waals surface area contributed by atoms with Crippen LogP contribution in [-0.2, 0) is 4.79 Å². The first kappa shape index (κ1) is 14.5. The number of aliphatic carboxylic acids is 1. The Morgan fingerprint density at radius 3 is 2.90 bits per heavy atom. The molecule has 2 N–H and O–H groups in total. The first-order valence-corrected chi connectivity index (χ1v) is 6.47. The summed E-state index contributed by atoms with van der Waals surface area (Å²) in [5.41, 5.74) is 0.349. The average Bonchev–Trinajstić information content (AvgIpc) is 2.87. The summed E-state index contributed by atoms with van der Waals surface area (Å²) >= 11 is 5.98. The first-order valence-electron chi connectivity index (χ1n) is 6.09. The highest BCUT2D eigenvalue weighted by Crippen LogP contribution is 2.39. The van der Waals surface area contributed by atoms with Crippen molar-refractivity contribution in [1.29, 1.82) is 0 Å². The predicted octanol–water partition coefficient (Wildman–Crippen LogP) is 1.91. The van der Waals surface area contributed by atoms with Gasteiger partial charge < -0.3 is 19.9 Å². The number of hydrogen-bond acceptors (Lipinski definition) is 4. The molecule has 7 heteroatoms. The summed E-state index contributed by atoms with van der Waals surface area (Å²) in [4.78, 5) is 22.6. The molecule has 1 aliphatic rings. The molecule has 1 aliphatic heterocycles. The van der Waals surface area contributed by atoms with Gasteiger partial charge in [0, 0.05) is 12.1 Å². The van der Waals surface area contributed by atoms with Gasteiger partial charge in [-0.25, -0.2) is 0 Å². The van der Waals surface area contributed by atoms with Gasteiger partial charge in [-0.05, 0) is 18.6 Å². The third kappa shape index (κ3) is 3.14. The Bertz CT molecular complexity index is 546. The molecular weight excluding hydrogens is 286 g/mol. The van der Waals surface area contributed by atoms with E-state index in [1.165, 1.54) is 6.07 Å². The number of benzene rings is 1. The normalized spacial score (nSPS) is 13.9. The zero-order valence-electron chi connectivity index (χ0n) is 10.8. The fourth-order valence-corrected chi connectivity index (χ4v) is 1.99. The molecule has 0 aliphatic carbocycles. The lowest BCUT2D eigenvalue weighted by Gasteiger charge is -2.09. The number of nitrogens with one attached hydrogen (secondary N) is 1. The Hall–Kier alpha value is -1.95. The second kappa shape index (κ2) is 6.00. The molecule has 108 valence electrons. The van der Waals surface area contributed by atoms with E-state index >= 15 is 0 Å². The number of fused-ring (bicyclic) bond motifs is 1. The zero-order chi connectivity index (χ0) is 14.7. The summed E-state index contributed by atoms with van der Waals surface area (Å²) in [5, 5.41) is 11.7. The summed E-state index contributed by atoms with van der Waals surface area (Å²) in [6.45, 7) is 1.94. The summed E-state index contributed by atoms with van der Waals surface area (Å²) in [7, 11) is 0. The van der Waals surface area contributed by atoms with E-state index in [4.69, 9.17) is 26.2 Å². The number of carboxylic acid groups (broad SMARTS) is 1. The summed E-state index contributed by atoms with van der Waals surface area (Å²) in [6, 6.07) is 3.04. The van der Waals surface area contributed by atoms with Crippen molar-refractivity contribution < 1.29 is 24.2 Å². The van der Waals surface area contributed by atoms with E-state index in [1.807, 2.05) is 0 Å². The van der Waals surface area contributed by atoms with Gasteiger partial charge in [0.25, 0.3) is 5.91 Å². The second-order valence-electron chi connectivity index (χ2n) is 4.48. The lowest BCUT2D eigenvalue weighted by atomic mass is 10.1. The van der Waals surface area contributed by atoms with Crippen LogP contribution in [0, 0.1) is 5.92 Å². The van der Waals surface area contributed by atoms with Crippen molar-refractivity contribution in [2.45, 2.75) is 13.3 Å². The Labute approximate surface area is 120 Å². The fourth-order valence-electron chi connectivity index (χ4n) is 1.73. The van der Waals surface area contributed by atoms with Crippen molar-refractivity contribution in [2.75, 3.05) is 13.3 Å². The van der Waals surface area contributed by atoms with Crippen LogP contribution in [-0.4, -0.2) is 30.3 Å².